The number of hydrogen-bond acceptors (Lipinski definition) is 4. The lowest BCUT2D eigenvalue weighted by molar-refractivity contribution is 0.102. The molecular formula is C29H32N2O2S. The van der Waals surface area contributed by atoms with Crippen molar-refractivity contribution in [1.82, 2.24) is 9.55 Å². The Labute approximate surface area is 205 Å². The Kier molecular flexibility index (Phi) is 6.73. The third kappa shape index (κ3) is 4.26. The Morgan fingerprint density at radius 2 is 1.76 bits per heavy atom. The van der Waals surface area contributed by atoms with Crippen molar-refractivity contribution in [2.75, 3.05) is 5.75 Å². The molecule has 2 aromatic carbocycles. The predicted molar refractivity (Wildman–Crippen MR) is 139 cm³/mol. The molecule has 1 heterocycles. The van der Waals surface area contributed by atoms with Gasteiger partial charge in [0.1, 0.15) is 0 Å². The molecule has 1 fully saturated rings. The molecule has 3 aromatic rings. The van der Waals surface area contributed by atoms with Crippen molar-refractivity contribution in [1.29, 1.82) is 0 Å². The van der Waals surface area contributed by atoms with E-state index in [0.29, 0.717) is 17.3 Å². The summed E-state index contributed by atoms with van der Waals surface area (Å²) < 4.78 is 1.87. The Morgan fingerprint density at radius 1 is 1.03 bits per heavy atom. The van der Waals surface area contributed by atoms with Gasteiger partial charge >= 0.3 is 0 Å². The van der Waals surface area contributed by atoms with E-state index in [9.17, 15) is 9.59 Å². The van der Waals surface area contributed by atoms with E-state index in [1.54, 1.807) is 0 Å². The maximum atomic E-state index is 14.2. The lowest BCUT2D eigenvalue weighted by Gasteiger charge is -2.42. The second-order valence-corrected chi connectivity index (χ2v) is 10.6. The standard InChI is InChI=1S/C29H32N2O2S/c1-2-3-18-31-27(33)25-26(30-28(31)34-20-24(32)21-12-6-4-7-13-21)23-15-9-8-14-22(23)19-29(25)16-10-5-11-17-29/h4,6-9,12-15H,2-3,5,10-11,16-20H2,1H3. The number of aromatic nitrogens is 2. The maximum absolute atomic E-state index is 14.2. The number of unbranched alkanes of at least 4 members (excludes halogenated alkanes) is 1. The Bertz CT molecular complexity index is 1240. The first kappa shape index (κ1) is 23.1. The zero-order valence-corrected chi connectivity index (χ0v) is 20.7. The first-order valence-electron chi connectivity index (χ1n) is 12.6. The van der Waals surface area contributed by atoms with Gasteiger partial charge in [-0.1, -0.05) is 99.0 Å². The fourth-order valence-corrected chi connectivity index (χ4v) is 6.60. The molecule has 4 nitrogen and oxygen atoms in total. The van der Waals surface area contributed by atoms with Gasteiger partial charge in [-0.3, -0.25) is 14.2 Å². The monoisotopic (exact) mass is 472 g/mol. The molecule has 176 valence electrons. The minimum Gasteiger partial charge on any atom is -0.293 e. The zero-order chi connectivity index (χ0) is 23.5. The number of carbonyl (C=O) groups is 1. The lowest BCUT2D eigenvalue weighted by Crippen LogP contribution is -2.43. The van der Waals surface area contributed by atoms with Crippen molar-refractivity contribution in [3.8, 4) is 11.3 Å². The molecular weight excluding hydrogens is 440 g/mol. The molecule has 1 spiro atoms. The first-order chi connectivity index (χ1) is 16.6. The summed E-state index contributed by atoms with van der Waals surface area (Å²) in [4.78, 5) is 32.1. The third-order valence-corrected chi connectivity index (χ3v) is 8.42. The van der Waals surface area contributed by atoms with Crippen LogP contribution in [0, 0.1) is 0 Å². The highest BCUT2D eigenvalue weighted by atomic mass is 32.2. The fraction of sp³-hybridized carbons (Fsp3) is 0.414. The van der Waals surface area contributed by atoms with E-state index in [1.807, 2.05) is 41.0 Å². The molecule has 5 heteroatoms. The van der Waals surface area contributed by atoms with Crippen molar-refractivity contribution >= 4 is 17.5 Å². The van der Waals surface area contributed by atoms with E-state index >= 15 is 0 Å². The third-order valence-electron chi connectivity index (χ3n) is 7.44. The molecule has 1 aromatic heterocycles. The molecule has 0 N–H and O–H groups in total. The second kappa shape index (κ2) is 9.91. The van der Waals surface area contributed by atoms with Crippen LogP contribution in [-0.2, 0) is 18.4 Å². The minimum absolute atomic E-state index is 0.0590. The van der Waals surface area contributed by atoms with Gasteiger partial charge in [0, 0.05) is 23.1 Å². The van der Waals surface area contributed by atoms with Crippen molar-refractivity contribution in [3.05, 3.63) is 81.6 Å². The predicted octanol–water partition coefficient (Wildman–Crippen LogP) is 6.44. The summed E-state index contributed by atoms with van der Waals surface area (Å²) in [5.41, 5.74) is 4.88. The molecule has 1 saturated carbocycles. The Hall–Kier alpha value is -2.66. The van der Waals surface area contributed by atoms with Crippen LogP contribution in [0.2, 0.25) is 0 Å². The SMILES string of the molecule is CCCCn1c(SCC(=O)c2ccccc2)nc2c(c1=O)C1(CCCCC1)Cc1ccccc1-2. The van der Waals surface area contributed by atoms with E-state index in [4.69, 9.17) is 4.98 Å². The van der Waals surface area contributed by atoms with Gasteiger partial charge in [-0.05, 0) is 31.2 Å². The van der Waals surface area contributed by atoms with Gasteiger partial charge in [-0.25, -0.2) is 4.98 Å². The van der Waals surface area contributed by atoms with Crippen LogP contribution in [0.25, 0.3) is 11.3 Å². The number of thioether (sulfide) groups is 1. The molecule has 34 heavy (non-hydrogen) atoms. The maximum Gasteiger partial charge on any atom is 0.258 e. The van der Waals surface area contributed by atoms with Crippen LogP contribution in [0.15, 0.2) is 64.5 Å². The summed E-state index contributed by atoms with van der Waals surface area (Å²) in [7, 11) is 0. The van der Waals surface area contributed by atoms with Gasteiger partial charge in [0.2, 0.25) is 0 Å². The number of ketones is 1. The van der Waals surface area contributed by atoms with Crippen molar-refractivity contribution in [3.63, 3.8) is 0 Å². The fourth-order valence-electron chi connectivity index (χ4n) is 5.68. The highest BCUT2D eigenvalue weighted by Crippen LogP contribution is 2.48. The van der Waals surface area contributed by atoms with Gasteiger partial charge in [-0.15, -0.1) is 0 Å². The number of fused-ring (bicyclic) bond motifs is 4. The Morgan fingerprint density at radius 3 is 2.53 bits per heavy atom. The van der Waals surface area contributed by atoms with E-state index in [1.165, 1.54) is 23.7 Å². The molecule has 2 aliphatic rings. The van der Waals surface area contributed by atoms with Crippen LogP contribution in [0.3, 0.4) is 0 Å². The zero-order valence-electron chi connectivity index (χ0n) is 19.9. The summed E-state index contributed by atoms with van der Waals surface area (Å²) >= 11 is 1.40. The van der Waals surface area contributed by atoms with Gasteiger partial charge < -0.3 is 0 Å². The number of benzene rings is 2. The molecule has 0 atom stereocenters. The summed E-state index contributed by atoms with van der Waals surface area (Å²) in [6, 6.07) is 17.8. The van der Waals surface area contributed by atoms with Crippen molar-refractivity contribution in [2.24, 2.45) is 0 Å². The molecule has 0 amide bonds. The summed E-state index contributed by atoms with van der Waals surface area (Å²) in [6.45, 7) is 2.79. The number of nitrogens with zero attached hydrogens (tertiary/aromatic N) is 2. The molecule has 0 saturated heterocycles. The van der Waals surface area contributed by atoms with E-state index in [2.05, 4.69) is 25.1 Å². The first-order valence-corrected chi connectivity index (χ1v) is 13.6. The molecule has 0 bridgehead atoms. The number of rotatable bonds is 7. The minimum atomic E-state index is -0.108. The molecule has 5 rings (SSSR count). The molecule has 0 unspecified atom stereocenters. The van der Waals surface area contributed by atoms with Gasteiger partial charge in [0.05, 0.1) is 17.0 Å². The number of hydrogen-bond donors (Lipinski definition) is 0. The van der Waals surface area contributed by atoms with Gasteiger partial charge in [0.25, 0.3) is 5.56 Å². The second-order valence-electron chi connectivity index (χ2n) is 9.68. The van der Waals surface area contributed by atoms with Crippen LogP contribution in [-0.4, -0.2) is 21.1 Å². The largest absolute Gasteiger partial charge is 0.293 e. The van der Waals surface area contributed by atoms with Gasteiger partial charge in [0.15, 0.2) is 10.9 Å². The van der Waals surface area contributed by atoms with Crippen molar-refractivity contribution < 1.29 is 4.79 Å². The van der Waals surface area contributed by atoms with Gasteiger partial charge in [-0.2, -0.15) is 0 Å². The summed E-state index contributed by atoms with van der Waals surface area (Å²) in [5.74, 6) is 0.331. The highest BCUT2D eigenvalue weighted by Gasteiger charge is 2.43. The summed E-state index contributed by atoms with van der Waals surface area (Å²) in [5, 5.41) is 0.671. The normalized spacial score (nSPS) is 16.1. The topological polar surface area (TPSA) is 52.0 Å². The lowest BCUT2D eigenvalue weighted by atomic mass is 9.62. The average Bonchev–Trinajstić information content (AvgIpc) is 2.87. The number of Topliss-reactive ketones (excluding diaryl/α,β-unsaturated/α-hetero) is 1. The van der Waals surface area contributed by atoms with Crippen LogP contribution in [0.4, 0.5) is 0 Å². The average molecular weight is 473 g/mol. The van der Waals surface area contributed by atoms with E-state index < -0.39 is 0 Å². The van der Waals surface area contributed by atoms with E-state index in [-0.39, 0.29) is 22.5 Å². The summed E-state index contributed by atoms with van der Waals surface area (Å²) in [6.07, 6.45) is 8.53. The molecule has 2 aliphatic carbocycles. The smallest absolute Gasteiger partial charge is 0.258 e. The number of carbonyl (C=O) groups excluding carboxylic acids is 1. The molecule has 0 aliphatic heterocycles. The Balaban J connectivity index is 1.61. The quantitative estimate of drug-likeness (QED) is 0.225. The highest BCUT2D eigenvalue weighted by molar-refractivity contribution is 7.99. The van der Waals surface area contributed by atoms with Crippen LogP contribution in [0.5, 0.6) is 0 Å². The van der Waals surface area contributed by atoms with Crippen LogP contribution < -0.4 is 5.56 Å². The molecule has 0 radical (unpaired) electrons. The van der Waals surface area contributed by atoms with Crippen molar-refractivity contribution in [2.45, 2.75) is 75.4 Å². The van der Waals surface area contributed by atoms with Crippen LogP contribution >= 0.6 is 11.8 Å². The van der Waals surface area contributed by atoms with Crippen LogP contribution in [0.1, 0.15) is 73.4 Å². The van der Waals surface area contributed by atoms with E-state index in [0.717, 1.165) is 61.8 Å².